The molecular weight excluding hydrogens is 638 g/mol. The lowest BCUT2D eigenvalue weighted by Gasteiger charge is -2.27. The highest BCUT2D eigenvalue weighted by molar-refractivity contribution is 6.02. The molecule has 0 aromatic heterocycles. The summed E-state index contributed by atoms with van der Waals surface area (Å²) in [6.45, 7) is 15.9. The Morgan fingerprint density at radius 1 is 0.800 bits per heavy atom. The SMILES string of the molecule is C=CCOC(=O)[C@H](CC(C)C)NC(=O)[C@H](Cc1cccc2ccccc12)NC(=O)[C@@H](NC(=O)OCc1ccccc1)C(=C)C(=O)OC(C)(C)C. The van der Waals surface area contributed by atoms with Crippen molar-refractivity contribution in [1.29, 1.82) is 0 Å². The molecule has 0 unspecified atom stereocenters. The summed E-state index contributed by atoms with van der Waals surface area (Å²) in [5, 5.41) is 9.61. The van der Waals surface area contributed by atoms with E-state index < -0.39 is 53.6 Å². The van der Waals surface area contributed by atoms with Gasteiger partial charge in [0, 0.05) is 6.42 Å². The monoisotopic (exact) mass is 685 g/mol. The van der Waals surface area contributed by atoms with Crippen molar-refractivity contribution >= 4 is 40.6 Å². The zero-order chi connectivity index (χ0) is 36.8. The van der Waals surface area contributed by atoms with E-state index in [0.717, 1.165) is 16.3 Å². The molecule has 3 rings (SSSR count). The normalized spacial score (nSPS) is 12.9. The predicted octanol–water partition coefficient (Wildman–Crippen LogP) is 5.32. The molecular formula is C39H47N3O8. The fraction of sp³-hybridized carbons (Fsp3) is 0.359. The van der Waals surface area contributed by atoms with E-state index in [2.05, 4.69) is 29.1 Å². The lowest BCUT2D eigenvalue weighted by atomic mass is 9.97. The molecule has 3 amide bonds. The highest BCUT2D eigenvalue weighted by atomic mass is 16.6. The van der Waals surface area contributed by atoms with Crippen molar-refractivity contribution in [1.82, 2.24) is 16.0 Å². The number of nitrogens with one attached hydrogen (secondary N) is 3. The zero-order valence-corrected chi connectivity index (χ0v) is 29.3. The molecule has 0 saturated carbocycles. The molecule has 11 heteroatoms. The summed E-state index contributed by atoms with van der Waals surface area (Å²) in [4.78, 5) is 67.0. The van der Waals surface area contributed by atoms with E-state index in [0.29, 0.717) is 5.56 Å². The van der Waals surface area contributed by atoms with Crippen LogP contribution in [0.5, 0.6) is 0 Å². The quantitative estimate of drug-likeness (QED) is 0.0794. The Balaban J connectivity index is 1.96. The third kappa shape index (κ3) is 12.2. The topological polar surface area (TPSA) is 149 Å². The summed E-state index contributed by atoms with van der Waals surface area (Å²) in [5.41, 5.74) is 0.112. The minimum absolute atomic E-state index is 0.000875. The lowest BCUT2D eigenvalue weighted by Crippen LogP contribution is -2.57. The molecule has 3 N–H and O–H groups in total. The van der Waals surface area contributed by atoms with Crippen LogP contribution in [0.2, 0.25) is 0 Å². The van der Waals surface area contributed by atoms with Crippen molar-refractivity contribution in [2.24, 2.45) is 5.92 Å². The van der Waals surface area contributed by atoms with Crippen molar-refractivity contribution in [3.05, 3.63) is 109 Å². The van der Waals surface area contributed by atoms with Crippen LogP contribution in [-0.4, -0.2) is 60.2 Å². The van der Waals surface area contributed by atoms with Gasteiger partial charge in [-0.15, -0.1) is 0 Å². The van der Waals surface area contributed by atoms with E-state index in [-0.39, 0.29) is 37.5 Å². The van der Waals surface area contributed by atoms with Crippen LogP contribution in [-0.2, 0) is 46.4 Å². The number of fused-ring (bicyclic) bond motifs is 1. The van der Waals surface area contributed by atoms with Crippen molar-refractivity contribution < 1.29 is 38.2 Å². The van der Waals surface area contributed by atoms with Crippen LogP contribution < -0.4 is 16.0 Å². The van der Waals surface area contributed by atoms with E-state index in [9.17, 15) is 24.0 Å². The smallest absolute Gasteiger partial charge is 0.408 e. The van der Waals surface area contributed by atoms with Crippen LogP contribution in [0.25, 0.3) is 10.8 Å². The number of benzene rings is 3. The van der Waals surface area contributed by atoms with Gasteiger partial charge in [-0.25, -0.2) is 14.4 Å². The number of amides is 3. The first-order chi connectivity index (χ1) is 23.7. The van der Waals surface area contributed by atoms with Crippen LogP contribution in [0.15, 0.2) is 97.6 Å². The van der Waals surface area contributed by atoms with E-state index in [1.54, 1.807) is 45.0 Å². The van der Waals surface area contributed by atoms with E-state index in [1.807, 2.05) is 62.4 Å². The molecule has 11 nitrogen and oxygen atoms in total. The fourth-order valence-corrected chi connectivity index (χ4v) is 5.01. The third-order valence-electron chi connectivity index (χ3n) is 7.34. The Bertz CT molecular complexity index is 1670. The highest BCUT2D eigenvalue weighted by Gasteiger charge is 2.35. The summed E-state index contributed by atoms with van der Waals surface area (Å²) in [6.07, 6.45) is 0.684. The van der Waals surface area contributed by atoms with Crippen LogP contribution in [0.4, 0.5) is 4.79 Å². The second kappa shape index (κ2) is 18.4. The van der Waals surface area contributed by atoms with E-state index in [4.69, 9.17) is 14.2 Å². The standard InChI is InChI=1S/C39H47N3O8/c1-8-21-48-37(46)32(22-25(2)3)41-34(43)31(23-29-19-14-18-28-17-12-13-20-30(28)29)40-35(44)33(26(4)36(45)50-39(5,6)7)42-38(47)49-24-27-15-10-9-11-16-27/h8-20,25,31-33H,1,4,21-24H2,2-3,5-7H3,(H,40,44)(H,41,43)(H,42,47)/t31-,32-,33-/m0/s1. The molecule has 0 heterocycles. The molecule has 0 bridgehead atoms. The number of ether oxygens (including phenoxy) is 3. The van der Waals surface area contributed by atoms with Crippen LogP contribution in [0.3, 0.4) is 0 Å². The van der Waals surface area contributed by atoms with Gasteiger partial charge in [0.1, 0.15) is 36.9 Å². The van der Waals surface area contributed by atoms with E-state index in [1.165, 1.54) is 6.08 Å². The summed E-state index contributed by atoms with van der Waals surface area (Å²) in [5.74, 6) is -3.18. The largest absolute Gasteiger partial charge is 0.460 e. The number of carbonyl (C=O) groups excluding carboxylic acids is 5. The molecule has 266 valence electrons. The maximum Gasteiger partial charge on any atom is 0.408 e. The molecule has 0 aliphatic carbocycles. The Kier molecular flexibility index (Phi) is 14.3. The van der Waals surface area contributed by atoms with Gasteiger partial charge in [0.05, 0.1) is 5.57 Å². The summed E-state index contributed by atoms with van der Waals surface area (Å²) >= 11 is 0. The van der Waals surface area contributed by atoms with Crippen molar-refractivity contribution in [3.8, 4) is 0 Å². The van der Waals surface area contributed by atoms with Gasteiger partial charge in [-0.3, -0.25) is 9.59 Å². The maximum absolute atomic E-state index is 14.0. The highest BCUT2D eigenvalue weighted by Crippen LogP contribution is 2.21. The van der Waals surface area contributed by atoms with Gasteiger partial charge in [-0.05, 0) is 55.0 Å². The molecule has 50 heavy (non-hydrogen) atoms. The van der Waals surface area contributed by atoms with Gasteiger partial charge in [0.25, 0.3) is 0 Å². The van der Waals surface area contributed by atoms with E-state index >= 15 is 0 Å². The lowest BCUT2D eigenvalue weighted by molar-refractivity contribution is -0.151. The Morgan fingerprint density at radius 3 is 2.10 bits per heavy atom. The zero-order valence-electron chi connectivity index (χ0n) is 29.3. The third-order valence-corrected chi connectivity index (χ3v) is 7.34. The van der Waals surface area contributed by atoms with Crippen molar-refractivity contribution in [2.75, 3.05) is 6.61 Å². The van der Waals surface area contributed by atoms with Gasteiger partial charge in [0.2, 0.25) is 11.8 Å². The molecule has 0 radical (unpaired) electrons. The fourth-order valence-electron chi connectivity index (χ4n) is 5.01. The average Bonchev–Trinajstić information content (AvgIpc) is 3.07. The molecule has 0 aliphatic heterocycles. The molecule has 0 aliphatic rings. The second-order valence-electron chi connectivity index (χ2n) is 13.2. The predicted molar refractivity (Wildman–Crippen MR) is 191 cm³/mol. The minimum atomic E-state index is -1.68. The van der Waals surface area contributed by atoms with Crippen molar-refractivity contribution in [2.45, 2.75) is 77.8 Å². The molecule has 0 saturated heterocycles. The summed E-state index contributed by atoms with van der Waals surface area (Å²) < 4.78 is 16.0. The van der Waals surface area contributed by atoms with Crippen molar-refractivity contribution in [3.63, 3.8) is 0 Å². The van der Waals surface area contributed by atoms with Crippen LogP contribution >= 0.6 is 0 Å². The Morgan fingerprint density at radius 2 is 1.44 bits per heavy atom. The number of esters is 2. The van der Waals surface area contributed by atoms with Gasteiger partial charge in [0.15, 0.2) is 0 Å². The molecule has 0 spiro atoms. The first-order valence-electron chi connectivity index (χ1n) is 16.4. The van der Waals surface area contributed by atoms with Gasteiger partial charge >= 0.3 is 18.0 Å². The maximum atomic E-state index is 14.0. The average molecular weight is 686 g/mol. The van der Waals surface area contributed by atoms with Gasteiger partial charge < -0.3 is 30.2 Å². The van der Waals surface area contributed by atoms with Gasteiger partial charge in [-0.1, -0.05) is 106 Å². The number of rotatable bonds is 16. The number of hydrogen-bond donors (Lipinski definition) is 3. The van der Waals surface area contributed by atoms with Crippen LogP contribution in [0.1, 0.15) is 52.2 Å². The summed E-state index contributed by atoms with van der Waals surface area (Å²) in [7, 11) is 0. The summed E-state index contributed by atoms with van der Waals surface area (Å²) in [6, 6.07) is 18.1. The van der Waals surface area contributed by atoms with Crippen LogP contribution in [0, 0.1) is 5.92 Å². The first kappa shape index (κ1) is 39.0. The number of carbonyl (C=O) groups is 5. The molecule has 3 aromatic carbocycles. The second-order valence-corrected chi connectivity index (χ2v) is 13.2. The molecule has 3 atom stereocenters. The molecule has 3 aromatic rings. The molecule has 0 fully saturated rings. The Labute approximate surface area is 293 Å². The minimum Gasteiger partial charge on any atom is -0.460 e. The Hall–Kier alpha value is -5.45. The first-order valence-corrected chi connectivity index (χ1v) is 16.4. The number of alkyl carbamates (subject to hydrolysis) is 1. The van der Waals surface area contributed by atoms with Gasteiger partial charge in [-0.2, -0.15) is 0 Å². The number of hydrogen-bond acceptors (Lipinski definition) is 8.